The Morgan fingerprint density at radius 3 is 2.69 bits per heavy atom. The van der Waals surface area contributed by atoms with Crippen LogP contribution < -0.4 is 5.73 Å². The summed E-state index contributed by atoms with van der Waals surface area (Å²) in [5.41, 5.74) is 7.44. The number of allylic oxidation sites excluding steroid dienone is 1. The Labute approximate surface area is 97.3 Å². The van der Waals surface area contributed by atoms with E-state index in [4.69, 9.17) is 5.73 Å². The summed E-state index contributed by atoms with van der Waals surface area (Å²) in [5.74, 6) is 0. The Balaban J connectivity index is 2.37. The molecule has 1 heterocycles. The molecule has 16 heavy (non-hydrogen) atoms. The van der Waals surface area contributed by atoms with Gasteiger partial charge in [-0.3, -0.25) is 4.79 Å². The molecule has 2 N–H and O–H groups in total. The first kappa shape index (κ1) is 10.6. The highest BCUT2D eigenvalue weighted by Gasteiger charge is 2.05. The van der Waals surface area contributed by atoms with Crippen LogP contribution in [0.5, 0.6) is 0 Å². The first-order valence-electron chi connectivity index (χ1n) is 4.66. The molecule has 79 valence electrons. The quantitative estimate of drug-likeness (QED) is 0.822. The fraction of sp³-hybridized carbons (Fsp3) is 0. The molecule has 1 aromatic carbocycles. The minimum atomic E-state index is 0.416. The van der Waals surface area contributed by atoms with Gasteiger partial charge in [0.2, 0.25) is 6.29 Å². The molecule has 0 unspecified atom stereocenters. The van der Waals surface area contributed by atoms with Crippen molar-refractivity contribution in [2.45, 2.75) is 0 Å². The van der Waals surface area contributed by atoms with Crippen LogP contribution >= 0.6 is 11.3 Å². The van der Waals surface area contributed by atoms with Crippen LogP contribution in [-0.4, -0.2) is 11.3 Å². The molecule has 4 heteroatoms. The number of anilines is 1. The Hall–Kier alpha value is -1.94. The van der Waals surface area contributed by atoms with Gasteiger partial charge in [-0.1, -0.05) is 30.3 Å². The van der Waals surface area contributed by atoms with Gasteiger partial charge in [0.05, 0.1) is 11.3 Å². The molecule has 1 radical (unpaired) electrons. The van der Waals surface area contributed by atoms with Crippen molar-refractivity contribution in [3.63, 3.8) is 0 Å². The lowest BCUT2D eigenvalue weighted by Gasteiger charge is -1.95. The van der Waals surface area contributed by atoms with Crippen molar-refractivity contribution >= 4 is 34.4 Å². The zero-order valence-electron chi connectivity index (χ0n) is 8.38. The molecule has 0 aliphatic rings. The van der Waals surface area contributed by atoms with Crippen LogP contribution in [0.3, 0.4) is 0 Å². The zero-order chi connectivity index (χ0) is 11.4. The third-order valence-corrected chi connectivity index (χ3v) is 2.69. The van der Waals surface area contributed by atoms with Crippen LogP contribution in [-0.2, 0) is 4.79 Å². The second-order valence-electron chi connectivity index (χ2n) is 3.14. The number of carbonyl (C=O) groups excluding carboxylic acids is 1. The monoisotopic (exact) mass is 229 g/mol. The number of nitrogens with zero attached hydrogens (tertiary/aromatic N) is 1. The molecule has 0 amide bonds. The molecule has 2 aromatic rings. The van der Waals surface area contributed by atoms with E-state index in [2.05, 4.69) is 4.98 Å². The lowest BCUT2D eigenvalue weighted by atomic mass is 10.1. The standard InChI is InChI=1S/C12H9N2OS/c13-12-14-11(8-16-12)10(7-15)6-9-4-2-1-3-5-9/h1-6,8H,(H2,13,14). The van der Waals surface area contributed by atoms with Gasteiger partial charge in [-0.05, 0) is 11.6 Å². The number of aromatic nitrogens is 1. The van der Waals surface area contributed by atoms with Crippen LogP contribution in [0.1, 0.15) is 11.3 Å². The molecule has 0 fully saturated rings. The molecule has 0 spiro atoms. The third kappa shape index (κ3) is 2.35. The Morgan fingerprint density at radius 2 is 2.12 bits per heavy atom. The Morgan fingerprint density at radius 1 is 1.38 bits per heavy atom. The summed E-state index contributed by atoms with van der Waals surface area (Å²) in [4.78, 5) is 14.9. The number of hydrogen-bond donors (Lipinski definition) is 1. The van der Waals surface area contributed by atoms with E-state index in [-0.39, 0.29) is 0 Å². The number of rotatable bonds is 3. The van der Waals surface area contributed by atoms with Gasteiger partial charge in [-0.15, -0.1) is 11.3 Å². The average Bonchev–Trinajstić information content (AvgIpc) is 2.74. The molecule has 0 atom stereocenters. The van der Waals surface area contributed by atoms with Crippen LogP contribution in [0, 0.1) is 0 Å². The maximum Gasteiger partial charge on any atom is 0.235 e. The van der Waals surface area contributed by atoms with Crippen molar-refractivity contribution in [2.75, 3.05) is 5.73 Å². The third-order valence-electron chi connectivity index (χ3n) is 2.02. The van der Waals surface area contributed by atoms with E-state index in [0.29, 0.717) is 16.4 Å². The molecule has 3 nitrogen and oxygen atoms in total. The Bertz CT molecular complexity index is 517. The van der Waals surface area contributed by atoms with Gasteiger partial charge in [0.1, 0.15) is 0 Å². The summed E-state index contributed by atoms with van der Waals surface area (Å²) < 4.78 is 0. The molecule has 0 bridgehead atoms. The smallest absolute Gasteiger partial charge is 0.235 e. The fourth-order valence-electron chi connectivity index (χ4n) is 1.28. The summed E-state index contributed by atoms with van der Waals surface area (Å²) >= 11 is 1.31. The highest BCUT2D eigenvalue weighted by molar-refractivity contribution is 7.13. The van der Waals surface area contributed by atoms with E-state index in [1.165, 1.54) is 11.3 Å². The number of nitrogens with two attached hydrogens (primary N) is 1. The van der Waals surface area contributed by atoms with E-state index in [0.717, 1.165) is 5.56 Å². The van der Waals surface area contributed by atoms with E-state index >= 15 is 0 Å². The van der Waals surface area contributed by atoms with Crippen LogP contribution in [0.2, 0.25) is 0 Å². The Kier molecular flexibility index (Phi) is 3.12. The maximum atomic E-state index is 10.8. The molecule has 0 saturated heterocycles. The summed E-state index contributed by atoms with van der Waals surface area (Å²) in [5, 5.41) is 2.19. The number of hydrogen-bond acceptors (Lipinski definition) is 4. The van der Waals surface area contributed by atoms with Gasteiger partial charge >= 0.3 is 0 Å². The van der Waals surface area contributed by atoms with E-state index < -0.39 is 0 Å². The van der Waals surface area contributed by atoms with Crippen molar-refractivity contribution in [3.8, 4) is 0 Å². The van der Waals surface area contributed by atoms with E-state index in [1.54, 1.807) is 11.5 Å². The molecule has 0 saturated carbocycles. The van der Waals surface area contributed by atoms with Crippen molar-refractivity contribution < 1.29 is 4.79 Å². The molecular formula is C12H9N2OS. The second kappa shape index (κ2) is 4.72. The second-order valence-corrected chi connectivity index (χ2v) is 4.03. The predicted octanol–water partition coefficient (Wildman–Crippen LogP) is 2.38. The summed E-state index contributed by atoms with van der Waals surface area (Å²) in [6.07, 6.45) is 3.62. The highest BCUT2D eigenvalue weighted by atomic mass is 32.1. The van der Waals surface area contributed by atoms with Gasteiger partial charge in [0, 0.05) is 5.38 Å². The molecule has 0 aliphatic carbocycles. The maximum absolute atomic E-state index is 10.8. The lowest BCUT2D eigenvalue weighted by molar-refractivity contribution is 0.565. The first-order chi connectivity index (χ1) is 7.79. The molecule has 2 rings (SSSR count). The summed E-state index contributed by atoms with van der Waals surface area (Å²) in [6, 6.07) is 9.55. The van der Waals surface area contributed by atoms with Gasteiger partial charge in [0.15, 0.2) is 5.13 Å². The largest absolute Gasteiger partial charge is 0.375 e. The lowest BCUT2D eigenvalue weighted by Crippen LogP contribution is -1.88. The van der Waals surface area contributed by atoms with Crippen LogP contribution in [0.25, 0.3) is 11.6 Å². The van der Waals surface area contributed by atoms with E-state index in [9.17, 15) is 4.79 Å². The van der Waals surface area contributed by atoms with Gasteiger partial charge in [-0.2, -0.15) is 0 Å². The van der Waals surface area contributed by atoms with Crippen LogP contribution in [0.15, 0.2) is 35.7 Å². The van der Waals surface area contributed by atoms with Gasteiger partial charge < -0.3 is 5.73 Å². The normalized spacial score (nSPS) is 11.4. The predicted molar refractivity (Wildman–Crippen MR) is 66.5 cm³/mol. The molecular weight excluding hydrogens is 220 g/mol. The van der Waals surface area contributed by atoms with Crippen molar-refractivity contribution in [1.29, 1.82) is 0 Å². The van der Waals surface area contributed by atoms with Crippen LogP contribution in [0.4, 0.5) is 5.13 Å². The topological polar surface area (TPSA) is 56.0 Å². The first-order valence-corrected chi connectivity index (χ1v) is 5.54. The summed E-state index contributed by atoms with van der Waals surface area (Å²) in [7, 11) is 0. The van der Waals surface area contributed by atoms with Crippen molar-refractivity contribution in [1.82, 2.24) is 4.98 Å². The highest BCUT2D eigenvalue weighted by Crippen LogP contribution is 2.20. The number of benzene rings is 1. The SMILES string of the molecule is Nc1nc(C([C]=O)=Cc2ccccc2)cs1. The number of thiazole rings is 1. The van der Waals surface area contributed by atoms with Gasteiger partial charge in [0.25, 0.3) is 0 Å². The minimum Gasteiger partial charge on any atom is -0.375 e. The average molecular weight is 229 g/mol. The number of nitrogen functional groups attached to an aromatic ring is 1. The molecule has 0 aliphatic heterocycles. The minimum absolute atomic E-state index is 0.416. The van der Waals surface area contributed by atoms with E-state index in [1.807, 2.05) is 36.6 Å². The van der Waals surface area contributed by atoms with Crippen molar-refractivity contribution in [2.24, 2.45) is 0 Å². The molecule has 1 aromatic heterocycles. The summed E-state index contributed by atoms with van der Waals surface area (Å²) in [6.45, 7) is 0. The fourth-order valence-corrected chi connectivity index (χ4v) is 1.85. The van der Waals surface area contributed by atoms with Crippen molar-refractivity contribution in [3.05, 3.63) is 47.0 Å². The zero-order valence-corrected chi connectivity index (χ0v) is 9.20. The van der Waals surface area contributed by atoms with Gasteiger partial charge in [-0.25, -0.2) is 4.98 Å².